The van der Waals surface area contributed by atoms with Crippen molar-refractivity contribution in [3.8, 4) is 17.2 Å². The van der Waals surface area contributed by atoms with Crippen LogP contribution in [0.25, 0.3) is 10.2 Å². The predicted octanol–water partition coefficient (Wildman–Crippen LogP) is 4.24. The quantitative estimate of drug-likeness (QED) is 0.430. The number of aromatic nitrogens is 1. The van der Waals surface area contributed by atoms with Crippen LogP contribution in [-0.4, -0.2) is 63.8 Å². The molecule has 0 aliphatic rings. The van der Waals surface area contributed by atoms with E-state index in [-0.39, 0.29) is 30.7 Å². The van der Waals surface area contributed by atoms with E-state index in [9.17, 15) is 9.18 Å². The molecule has 0 atom stereocenters. The molecular weight excluding hydrogens is 457 g/mol. The Morgan fingerprint density at radius 2 is 1.69 bits per heavy atom. The first kappa shape index (κ1) is 25.6. The average molecular weight is 484 g/mol. The highest BCUT2D eigenvalue weighted by Crippen LogP contribution is 2.40. The highest BCUT2D eigenvalue weighted by Gasteiger charge is 2.23. The largest absolute Gasteiger partial charge is 0.495 e. The molecular formula is C22H27ClFN3O4S. The maximum atomic E-state index is 13.1. The Balaban J connectivity index is 0.00000363. The first-order valence-corrected chi connectivity index (χ1v) is 10.6. The molecule has 0 unspecified atom stereocenters. The summed E-state index contributed by atoms with van der Waals surface area (Å²) in [5, 5.41) is 0.546. The van der Waals surface area contributed by atoms with Crippen LogP contribution in [0.5, 0.6) is 17.2 Å². The standard InChI is InChI=1S/C22H26FN3O4S.ClH/c1-25(2)12-5-13-26(19(27)14-30-16-8-6-15(23)7-9-16)22-24-20-17(28-3)10-11-18(29-4)21(20)31-22;/h6-11H,5,12-14H2,1-4H3;1H. The molecule has 2 aromatic carbocycles. The molecule has 0 aliphatic carbocycles. The number of carbonyl (C=O) groups excluding carboxylic acids is 1. The van der Waals surface area contributed by atoms with Gasteiger partial charge < -0.3 is 19.1 Å². The fourth-order valence-corrected chi connectivity index (χ4v) is 4.13. The highest BCUT2D eigenvalue weighted by atomic mass is 35.5. The Bertz CT molecular complexity index is 989. The van der Waals surface area contributed by atoms with Crippen LogP contribution in [0.15, 0.2) is 36.4 Å². The molecule has 1 aromatic heterocycles. The average Bonchev–Trinajstić information content (AvgIpc) is 3.20. The lowest BCUT2D eigenvalue weighted by atomic mass is 10.3. The lowest BCUT2D eigenvalue weighted by Gasteiger charge is -2.21. The molecule has 32 heavy (non-hydrogen) atoms. The van der Waals surface area contributed by atoms with Gasteiger partial charge in [-0.1, -0.05) is 11.3 Å². The van der Waals surface area contributed by atoms with Crippen LogP contribution in [-0.2, 0) is 4.79 Å². The normalized spacial score (nSPS) is 10.7. The maximum Gasteiger partial charge on any atom is 0.266 e. The topological polar surface area (TPSA) is 64.1 Å². The monoisotopic (exact) mass is 483 g/mol. The molecule has 174 valence electrons. The fraction of sp³-hybridized carbons (Fsp3) is 0.364. The van der Waals surface area contributed by atoms with E-state index in [4.69, 9.17) is 14.2 Å². The van der Waals surface area contributed by atoms with Crippen molar-refractivity contribution in [2.45, 2.75) is 6.42 Å². The third kappa shape index (κ3) is 6.21. The molecule has 1 amide bonds. The van der Waals surface area contributed by atoms with Gasteiger partial charge in [0, 0.05) is 6.54 Å². The second kappa shape index (κ2) is 11.8. The number of hydrogen-bond donors (Lipinski definition) is 0. The Morgan fingerprint density at radius 1 is 1.03 bits per heavy atom. The van der Waals surface area contributed by atoms with Crippen LogP contribution in [0.3, 0.4) is 0 Å². The number of halogens is 2. The molecule has 3 rings (SSSR count). The summed E-state index contributed by atoms with van der Waals surface area (Å²) in [6, 6.07) is 9.18. The number of ether oxygens (including phenoxy) is 3. The van der Waals surface area contributed by atoms with Crippen LogP contribution in [0.2, 0.25) is 0 Å². The number of amides is 1. The summed E-state index contributed by atoms with van der Waals surface area (Å²) in [7, 11) is 7.14. The van der Waals surface area contributed by atoms with Gasteiger partial charge in [0.05, 0.1) is 14.2 Å². The summed E-state index contributed by atoms with van der Waals surface area (Å²) >= 11 is 1.37. The number of anilines is 1. The van der Waals surface area contributed by atoms with E-state index < -0.39 is 0 Å². The Labute approximate surface area is 197 Å². The summed E-state index contributed by atoms with van der Waals surface area (Å²) in [6.45, 7) is 1.12. The van der Waals surface area contributed by atoms with Crippen molar-refractivity contribution in [2.24, 2.45) is 0 Å². The second-order valence-electron chi connectivity index (χ2n) is 7.09. The lowest BCUT2D eigenvalue weighted by molar-refractivity contribution is -0.120. The Hall–Kier alpha value is -2.62. The van der Waals surface area contributed by atoms with Crippen molar-refractivity contribution in [3.63, 3.8) is 0 Å². The van der Waals surface area contributed by atoms with Crippen LogP contribution in [0, 0.1) is 5.82 Å². The van der Waals surface area contributed by atoms with Crippen molar-refractivity contribution < 1.29 is 23.4 Å². The van der Waals surface area contributed by atoms with E-state index in [0.717, 1.165) is 17.7 Å². The van der Waals surface area contributed by atoms with Crippen LogP contribution >= 0.6 is 23.7 Å². The van der Waals surface area contributed by atoms with Gasteiger partial charge in [0.2, 0.25) is 0 Å². The van der Waals surface area contributed by atoms with Gasteiger partial charge in [-0.2, -0.15) is 0 Å². The number of methoxy groups -OCH3 is 2. The third-order valence-corrected chi connectivity index (χ3v) is 5.69. The highest BCUT2D eigenvalue weighted by molar-refractivity contribution is 7.22. The Kier molecular flexibility index (Phi) is 9.49. The number of thiazole rings is 1. The molecule has 7 nitrogen and oxygen atoms in total. The van der Waals surface area contributed by atoms with Gasteiger partial charge in [0.15, 0.2) is 11.7 Å². The zero-order valence-electron chi connectivity index (χ0n) is 18.5. The first-order chi connectivity index (χ1) is 14.9. The van der Waals surface area contributed by atoms with Gasteiger partial charge >= 0.3 is 0 Å². The molecule has 1 heterocycles. The number of hydrogen-bond acceptors (Lipinski definition) is 7. The van der Waals surface area contributed by atoms with E-state index in [1.165, 1.54) is 35.6 Å². The molecule has 0 radical (unpaired) electrons. The van der Waals surface area contributed by atoms with Gasteiger partial charge in [0.25, 0.3) is 5.91 Å². The molecule has 0 aliphatic heterocycles. The van der Waals surface area contributed by atoms with Gasteiger partial charge in [-0.15, -0.1) is 12.4 Å². The molecule has 0 saturated carbocycles. The lowest BCUT2D eigenvalue weighted by Crippen LogP contribution is -2.36. The van der Waals surface area contributed by atoms with Crippen molar-refractivity contribution >= 4 is 45.0 Å². The van der Waals surface area contributed by atoms with Gasteiger partial charge in [-0.25, -0.2) is 9.37 Å². The van der Waals surface area contributed by atoms with Crippen molar-refractivity contribution in [3.05, 3.63) is 42.2 Å². The zero-order valence-corrected chi connectivity index (χ0v) is 20.1. The van der Waals surface area contributed by atoms with Gasteiger partial charge in [-0.3, -0.25) is 9.69 Å². The molecule has 0 spiro atoms. The number of nitrogens with zero attached hydrogens (tertiary/aromatic N) is 3. The fourth-order valence-electron chi connectivity index (χ4n) is 3.02. The van der Waals surface area contributed by atoms with Crippen molar-refractivity contribution in [2.75, 3.05) is 52.9 Å². The zero-order chi connectivity index (χ0) is 22.4. The van der Waals surface area contributed by atoms with Crippen LogP contribution < -0.4 is 19.1 Å². The summed E-state index contributed by atoms with van der Waals surface area (Å²) in [5.74, 6) is 1.11. The summed E-state index contributed by atoms with van der Waals surface area (Å²) in [5.41, 5.74) is 0.645. The molecule has 0 fully saturated rings. The first-order valence-electron chi connectivity index (χ1n) is 9.78. The van der Waals surface area contributed by atoms with Crippen LogP contribution in [0.1, 0.15) is 6.42 Å². The molecule has 10 heteroatoms. The predicted molar refractivity (Wildman–Crippen MR) is 127 cm³/mol. The van der Waals surface area contributed by atoms with E-state index in [1.54, 1.807) is 25.2 Å². The third-order valence-electron chi connectivity index (χ3n) is 4.59. The van der Waals surface area contributed by atoms with Gasteiger partial charge in [-0.05, 0) is 63.5 Å². The second-order valence-corrected chi connectivity index (χ2v) is 8.07. The number of carbonyl (C=O) groups is 1. The molecule has 0 N–H and O–H groups in total. The van der Waals surface area contributed by atoms with E-state index in [0.29, 0.717) is 34.4 Å². The minimum Gasteiger partial charge on any atom is -0.495 e. The van der Waals surface area contributed by atoms with Crippen LogP contribution in [0.4, 0.5) is 9.52 Å². The summed E-state index contributed by atoms with van der Waals surface area (Å²) in [4.78, 5) is 21.4. The number of fused-ring (bicyclic) bond motifs is 1. The van der Waals surface area contributed by atoms with E-state index in [1.807, 2.05) is 20.2 Å². The smallest absolute Gasteiger partial charge is 0.266 e. The van der Waals surface area contributed by atoms with E-state index in [2.05, 4.69) is 9.88 Å². The number of rotatable bonds is 10. The van der Waals surface area contributed by atoms with Crippen molar-refractivity contribution in [1.29, 1.82) is 0 Å². The molecule has 0 saturated heterocycles. The van der Waals surface area contributed by atoms with Gasteiger partial charge in [0.1, 0.15) is 33.3 Å². The maximum absolute atomic E-state index is 13.1. The minimum atomic E-state index is -0.360. The Morgan fingerprint density at radius 3 is 2.31 bits per heavy atom. The SMILES string of the molecule is COc1ccc(OC)c2sc(N(CCCN(C)C)C(=O)COc3ccc(F)cc3)nc12.Cl. The molecule has 3 aromatic rings. The van der Waals surface area contributed by atoms with Crippen molar-refractivity contribution in [1.82, 2.24) is 9.88 Å². The minimum absolute atomic E-state index is 0. The summed E-state index contributed by atoms with van der Waals surface area (Å²) in [6.07, 6.45) is 0.763. The summed E-state index contributed by atoms with van der Waals surface area (Å²) < 4.78 is 30.4. The number of benzene rings is 2. The van der Waals surface area contributed by atoms with E-state index >= 15 is 0 Å². The molecule has 0 bridgehead atoms.